The number of pyridine rings is 1. The molecule has 0 saturated carbocycles. The van der Waals surface area contributed by atoms with Gasteiger partial charge in [0.2, 0.25) is 5.91 Å². The SMILES string of the molecule is O=C(C[C@@H]1SC(N2CCCC2)=NC1=O)Nc1ccc(C(=O)Nc2ccccn2)cc1. The Balaban J connectivity index is 1.29. The average molecular weight is 423 g/mol. The van der Waals surface area contributed by atoms with Gasteiger partial charge in [-0.15, -0.1) is 0 Å². The molecule has 3 heterocycles. The minimum Gasteiger partial charge on any atom is -0.351 e. The zero-order valence-corrected chi connectivity index (χ0v) is 17.0. The number of hydrogen-bond acceptors (Lipinski definition) is 6. The third kappa shape index (κ3) is 4.85. The van der Waals surface area contributed by atoms with Gasteiger partial charge in [-0.2, -0.15) is 4.99 Å². The lowest BCUT2D eigenvalue weighted by atomic mass is 10.2. The molecule has 0 radical (unpaired) electrons. The summed E-state index contributed by atoms with van der Waals surface area (Å²) < 4.78 is 0. The number of nitrogens with zero attached hydrogens (tertiary/aromatic N) is 3. The summed E-state index contributed by atoms with van der Waals surface area (Å²) in [7, 11) is 0. The molecule has 4 rings (SSSR count). The van der Waals surface area contributed by atoms with Crippen molar-refractivity contribution in [2.75, 3.05) is 23.7 Å². The van der Waals surface area contributed by atoms with Crippen LogP contribution in [-0.4, -0.2) is 51.1 Å². The average Bonchev–Trinajstić information content (AvgIpc) is 3.40. The Morgan fingerprint density at radius 2 is 1.83 bits per heavy atom. The zero-order chi connectivity index (χ0) is 20.9. The molecule has 30 heavy (non-hydrogen) atoms. The van der Waals surface area contributed by atoms with Gasteiger partial charge in [0, 0.05) is 37.0 Å². The predicted molar refractivity (Wildman–Crippen MR) is 117 cm³/mol. The topological polar surface area (TPSA) is 104 Å². The number of rotatable bonds is 5. The summed E-state index contributed by atoms with van der Waals surface area (Å²) in [6.07, 6.45) is 3.87. The lowest BCUT2D eigenvalue weighted by Crippen LogP contribution is -2.25. The molecular weight excluding hydrogens is 402 g/mol. The maximum atomic E-state index is 12.4. The van der Waals surface area contributed by atoms with Gasteiger partial charge >= 0.3 is 0 Å². The third-order valence-corrected chi connectivity index (χ3v) is 6.03. The molecule has 0 bridgehead atoms. The number of thioether (sulfide) groups is 1. The van der Waals surface area contributed by atoms with Gasteiger partial charge in [-0.1, -0.05) is 17.8 Å². The van der Waals surface area contributed by atoms with Gasteiger partial charge in [0.05, 0.1) is 0 Å². The van der Waals surface area contributed by atoms with Crippen LogP contribution in [0, 0.1) is 0 Å². The van der Waals surface area contributed by atoms with Crippen molar-refractivity contribution >= 4 is 46.2 Å². The first kappa shape index (κ1) is 20.1. The van der Waals surface area contributed by atoms with Crippen molar-refractivity contribution in [2.45, 2.75) is 24.5 Å². The maximum absolute atomic E-state index is 12.4. The highest BCUT2D eigenvalue weighted by atomic mass is 32.2. The van der Waals surface area contributed by atoms with Gasteiger partial charge in [0.15, 0.2) is 5.17 Å². The molecule has 3 amide bonds. The molecule has 9 heteroatoms. The van der Waals surface area contributed by atoms with Crippen molar-refractivity contribution in [3.63, 3.8) is 0 Å². The van der Waals surface area contributed by atoms with Crippen LogP contribution < -0.4 is 10.6 Å². The smallest absolute Gasteiger partial charge is 0.262 e. The van der Waals surface area contributed by atoms with Gasteiger partial charge in [0.25, 0.3) is 11.8 Å². The third-order valence-electron chi connectivity index (χ3n) is 4.81. The molecule has 0 aliphatic carbocycles. The number of anilines is 2. The van der Waals surface area contributed by atoms with Crippen molar-refractivity contribution in [2.24, 2.45) is 4.99 Å². The first-order chi connectivity index (χ1) is 14.6. The summed E-state index contributed by atoms with van der Waals surface area (Å²) in [6.45, 7) is 1.83. The quantitative estimate of drug-likeness (QED) is 0.766. The number of hydrogen-bond donors (Lipinski definition) is 2. The Morgan fingerprint density at radius 1 is 1.07 bits per heavy atom. The zero-order valence-electron chi connectivity index (χ0n) is 16.2. The van der Waals surface area contributed by atoms with Gasteiger partial charge in [-0.25, -0.2) is 4.98 Å². The van der Waals surface area contributed by atoms with E-state index in [1.165, 1.54) is 11.8 Å². The lowest BCUT2D eigenvalue weighted by molar-refractivity contribution is -0.121. The van der Waals surface area contributed by atoms with E-state index in [4.69, 9.17) is 0 Å². The largest absolute Gasteiger partial charge is 0.351 e. The van der Waals surface area contributed by atoms with Crippen LogP contribution in [0.1, 0.15) is 29.6 Å². The minimum atomic E-state index is -0.482. The summed E-state index contributed by atoms with van der Waals surface area (Å²) in [6, 6.07) is 11.8. The fraction of sp³-hybridized carbons (Fsp3) is 0.286. The van der Waals surface area contributed by atoms with Crippen LogP contribution in [0.4, 0.5) is 11.5 Å². The molecule has 1 saturated heterocycles. The fourth-order valence-corrected chi connectivity index (χ4v) is 4.38. The first-order valence-corrected chi connectivity index (χ1v) is 10.6. The van der Waals surface area contributed by atoms with Crippen LogP contribution in [0.25, 0.3) is 0 Å². The van der Waals surface area contributed by atoms with Crippen LogP contribution in [-0.2, 0) is 9.59 Å². The second-order valence-corrected chi connectivity index (χ2v) is 8.20. The Kier molecular flexibility index (Phi) is 6.08. The number of aromatic nitrogens is 1. The predicted octanol–water partition coefficient (Wildman–Crippen LogP) is 2.76. The van der Waals surface area contributed by atoms with Gasteiger partial charge < -0.3 is 15.5 Å². The molecule has 1 atom stereocenters. The molecule has 1 aromatic heterocycles. The number of likely N-dealkylation sites (tertiary alicyclic amines) is 1. The Morgan fingerprint density at radius 3 is 2.53 bits per heavy atom. The highest BCUT2D eigenvalue weighted by Gasteiger charge is 2.33. The van der Waals surface area contributed by atoms with Crippen LogP contribution in [0.2, 0.25) is 0 Å². The van der Waals surface area contributed by atoms with Crippen molar-refractivity contribution in [1.82, 2.24) is 9.88 Å². The molecule has 1 aromatic carbocycles. The monoisotopic (exact) mass is 423 g/mol. The number of carbonyl (C=O) groups excluding carboxylic acids is 3. The Labute approximate surface area is 178 Å². The van der Waals surface area contributed by atoms with Crippen LogP contribution in [0.3, 0.4) is 0 Å². The second kappa shape index (κ2) is 9.08. The molecule has 2 aliphatic rings. The van der Waals surface area contributed by atoms with E-state index in [2.05, 4.69) is 25.5 Å². The van der Waals surface area contributed by atoms with Crippen LogP contribution in [0.5, 0.6) is 0 Å². The van der Waals surface area contributed by atoms with Gasteiger partial charge in [-0.3, -0.25) is 14.4 Å². The van der Waals surface area contributed by atoms with E-state index in [0.717, 1.165) is 31.1 Å². The van der Waals surface area contributed by atoms with E-state index in [9.17, 15) is 14.4 Å². The summed E-state index contributed by atoms with van der Waals surface area (Å²) in [5.41, 5.74) is 1.01. The number of benzene rings is 1. The summed E-state index contributed by atoms with van der Waals surface area (Å²) in [5, 5.41) is 5.73. The number of carbonyl (C=O) groups is 3. The van der Waals surface area contributed by atoms with E-state index in [1.807, 2.05) is 0 Å². The van der Waals surface area contributed by atoms with Gasteiger partial charge in [0.1, 0.15) is 11.1 Å². The molecule has 0 spiro atoms. The number of aliphatic imine (C=N–C) groups is 1. The van der Waals surface area contributed by atoms with Crippen LogP contribution >= 0.6 is 11.8 Å². The second-order valence-electron chi connectivity index (χ2n) is 7.03. The van der Waals surface area contributed by atoms with E-state index < -0.39 is 5.25 Å². The van der Waals surface area contributed by atoms with Crippen molar-refractivity contribution in [3.05, 3.63) is 54.2 Å². The Hall–Kier alpha value is -3.20. The van der Waals surface area contributed by atoms with E-state index in [1.54, 1.807) is 48.7 Å². The molecule has 1 fully saturated rings. The molecule has 2 N–H and O–H groups in total. The minimum absolute atomic E-state index is 0.0618. The van der Waals surface area contributed by atoms with Crippen LogP contribution in [0.15, 0.2) is 53.7 Å². The highest BCUT2D eigenvalue weighted by molar-refractivity contribution is 8.15. The first-order valence-electron chi connectivity index (χ1n) is 9.75. The fourth-order valence-electron chi connectivity index (χ4n) is 3.26. The van der Waals surface area contributed by atoms with E-state index >= 15 is 0 Å². The summed E-state index contributed by atoms with van der Waals surface area (Å²) in [5.74, 6) is -0.330. The van der Waals surface area contributed by atoms with E-state index in [0.29, 0.717) is 17.1 Å². The van der Waals surface area contributed by atoms with Crippen molar-refractivity contribution in [3.8, 4) is 0 Å². The standard InChI is InChI=1S/C21H21N5O3S/c27-18(13-16-20(29)25-21(30-16)26-11-3-4-12-26)23-15-8-6-14(7-9-15)19(28)24-17-5-1-2-10-22-17/h1-2,5-10,16H,3-4,11-13H2,(H,23,27)(H,22,24,28)/t16-/m0/s1. The molecule has 0 unspecified atom stereocenters. The highest BCUT2D eigenvalue weighted by Crippen LogP contribution is 2.29. The summed E-state index contributed by atoms with van der Waals surface area (Å²) in [4.78, 5) is 47.0. The van der Waals surface area contributed by atoms with E-state index in [-0.39, 0.29) is 24.1 Å². The lowest BCUT2D eigenvalue weighted by Gasteiger charge is -2.16. The maximum Gasteiger partial charge on any atom is 0.262 e. The summed E-state index contributed by atoms with van der Waals surface area (Å²) >= 11 is 1.37. The molecule has 8 nitrogen and oxygen atoms in total. The molecule has 154 valence electrons. The molecular formula is C21H21N5O3S. The molecule has 2 aliphatic heterocycles. The number of nitrogens with one attached hydrogen (secondary N) is 2. The number of amidine groups is 1. The van der Waals surface area contributed by atoms with Crippen molar-refractivity contribution < 1.29 is 14.4 Å². The number of amides is 3. The molecule has 2 aromatic rings. The Bertz CT molecular complexity index is 972. The van der Waals surface area contributed by atoms with Crippen molar-refractivity contribution in [1.29, 1.82) is 0 Å². The van der Waals surface area contributed by atoms with Gasteiger partial charge in [-0.05, 0) is 49.2 Å². The normalized spacial score (nSPS) is 18.3.